The third-order valence-electron chi connectivity index (χ3n) is 3.10. The van der Waals surface area contributed by atoms with Crippen LogP contribution in [0.2, 0.25) is 5.02 Å². The molecular weight excluding hydrogens is 326 g/mol. The minimum Gasteiger partial charge on any atom is -0.398 e. The highest BCUT2D eigenvalue weighted by molar-refractivity contribution is 9.10. The van der Waals surface area contributed by atoms with Crippen molar-refractivity contribution in [1.82, 2.24) is 9.55 Å². The summed E-state index contributed by atoms with van der Waals surface area (Å²) in [5.74, 6) is 0.830. The highest BCUT2D eigenvalue weighted by Crippen LogP contribution is 2.31. The van der Waals surface area contributed by atoms with E-state index in [2.05, 4.69) is 20.9 Å². The molecular formula is C14H11BrClN3. The molecule has 0 unspecified atom stereocenters. The summed E-state index contributed by atoms with van der Waals surface area (Å²) in [7, 11) is 1.96. The molecule has 0 aliphatic heterocycles. The number of imidazole rings is 1. The fraction of sp³-hybridized carbons (Fsp3) is 0.0714. The third-order valence-corrected chi connectivity index (χ3v) is 3.83. The molecule has 96 valence electrons. The van der Waals surface area contributed by atoms with Gasteiger partial charge in [0, 0.05) is 27.8 Å². The summed E-state index contributed by atoms with van der Waals surface area (Å²) in [6.07, 6.45) is 0. The van der Waals surface area contributed by atoms with Crippen LogP contribution in [0, 0.1) is 0 Å². The van der Waals surface area contributed by atoms with Gasteiger partial charge in [0.05, 0.1) is 11.0 Å². The topological polar surface area (TPSA) is 43.8 Å². The number of anilines is 1. The van der Waals surface area contributed by atoms with Crippen LogP contribution in [0.4, 0.5) is 5.69 Å². The molecule has 0 saturated carbocycles. The lowest BCUT2D eigenvalue weighted by Gasteiger charge is -2.06. The zero-order chi connectivity index (χ0) is 13.6. The smallest absolute Gasteiger partial charge is 0.142 e. The molecule has 0 bridgehead atoms. The summed E-state index contributed by atoms with van der Waals surface area (Å²) in [4.78, 5) is 4.63. The molecule has 2 aromatic carbocycles. The van der Waals surface area contributed by atoms with Crippen LogP contribution >= 0.6 is 27.5 Å². The number of nitrogens with two attached hydrogens (primary N) is 1. The van der Waals surface area contributed by atoms with Crippen molar-refractivity contribution in [3.63, 3.8) is 0 Å². The lowest BCUT2D eigenvalue weighted by atomic mass is 10.2. The average molecular weight is 337 g/mol. The molecule has 5 heteroatoms. The fourth-order valence-corrected chi connectivity index (χ4v) is 2.65. The number of hydrogen-bond donors (Lipinski definition) is 1. The lowest BCUT2D eigenvalue weighted by Crippen LogP contribution is -1.96. The van der Waals surface area contributed by atoms with Gasteiger partial charge < -0.3 is 10.3 Å². The van der Waals surface area contributed by atoms with Crippen LogP contribution in [-0.4, -0.2) is 9.55 Å². The first-order chi connectivity index (χ1) is 9.06. The van der Waals surface area contributed by atoms with Crippen molar-refractivity contribution < 1.29 is 0 Å². The molecule has 0 aliphatic rings. The lowest BCUT2D eigenvalue weighted by molar-refractivity contribution is 0.960. The zero-order valence-corrected chi connectivity index (χ0v) is 12.5. The maximum Gasteiger partial charge on any atom is 0.142 e. The molecule has 0 amide bonds. The number of fused-ring (bicyclic) bond motifs is 1. The summed E-state index contributed by atoms with van der Waals surface area (Å²) >= 11 is 9.49. The fourth-order valence-electron chi connectivity index (χ4n) is 2.13. The third kappa shape index (κ3) is 2.11. The Balaban J connectivity index is 2.31. The first kappa shape index (κ1) is 12.5. The molecule has 0 aliphatic carbocycles. The van der Waals surface area contributed by atoms with Crippen LogP contribution < -0.4 is 5.73 Å². The van der Waals surface area contributed by atoms with Gasteiger partial charge in [0.2, 0.25) is 0 Å². The Morgan fingerprint density at radius 3 is 2.79 bits per heavy atom. The van der Waals surface area contributed by atoms with Gasteiger partial charge >= 0.3 is 0 Å². The van der Waals surface area contributed by atoms with Crippen LogP contribution in [0.5, 0.6) is 0 Å². The van der Waals surface area contributed by atoms with E-state index in [4.69, 9.17) is 17.3 Å². The van der Waals surface area contributed by atoms with E-state index in [0.717, 1.165) is 26.9 Å². The van der Waals surface area contributed by atoms with E-state index in [1.165, 1.54) is 0 Å². The number of nitrogens with zero attached hydrogens (tertiary/aromatic N) is 2. The Bertz CT molecular complexity index is 780. The minimum atomic E-state index is 0.698. The zero-order valence-electron chi connectivity index (χ0n) is 10.2. The second-order valence-corrected chi connectivity index (χ2v) is 5.71. The quantitative estimate of drug-likeness (QED) is 0.676. The number of nitrogen functional groups attached to an aromatic ring is 1. The van der Waals surface area contributed by atoms with E-state index < -0.39 is 0 Å². The number of aromatic nitrogens is 2. The van der Waals surface area contributed by atoms with E-state index in [-0.39, 0.29) is 0 Å². The number of aryl methyl sites for hydroxylation is 1. The van der Waals surface area contributed by atoms with Gasteiger partial charge in [0.25, 0.3) is 0 Å². The molecule has 1 heterocycles. The van der Waals surface area contributed by atoms with Crippen molar-refractivity contribution in [2.24, 2.45) is 7.05 Å². The van der Waals surface area contributed by atoms with Crippen LogP contribution in [0.25, 0.3) is 22.4 Å². The van der Waals surface area contributed by atoms with Gasteiger partial charge in [-0.05, 0) is 36.4 Å². The highest BCUT2D eigenvalue weighted by atomic mass is 79.9. The molecule has 0 saturated heterocycles. The molecule has 0 atom stereocenters. The van der Waals surface area contributed by atoms with E-state index in [1.54, 1.807) is 0 Å². The molecule has 2 N–H and O–H groups in total. The maximum atomic E-state index is 6.04. The monoisotopic (exact) mass is 335 g/mol. The van der Waals surface area contributed by atoms with E-state index in [1.807, 2.05) is 48.0 Å². The van der Waals surface area contributed by atoms with E-state index in [0.29, 0.717) is 10.7 Å². The van der Waals surface area contributed by atoms with Gasteiger partial charge in [-0.25, -0.2) is 4.98 Å². The first-order valence-electron chi connectivity index (χ1n) is 5.73. The number of rotatable bonds is 1. The van der Waals surface area contributed by atoms with Crippen LogP contribution in [-0.2, 0) is 7.05 Å². The van der Waals surface area contributed by atoms with Crippen molar-refractivity contribution in [1.29, 1.82) is 0 Å². The summed E-state index contributed by atoms with van der Waals surface area (Å²) in [5, 5.41) is 0.698. The van der Waals surface area contributed by atoms with Crippen molar-refractivity contribution in [2.75, 3.05) is 5.73 Å². The molecule has 0 fully saturated rings. The SMILES string of the molecule is Cn1c(-c2cc(Br)ccc2N)nc2ccc(Cl)cc21. The average Bonchev–Trinajstić information content (AvgIpc) is 2.70. The maximum absolute atomic E-state index is 6.04. The van der Waals surface area contributed by atoms with Gasteiger partial charge in [-0.3, -0.25) is 0 Å². The van der Waals surface area contributed by atoms with Crippen LogP contribution in [0.15, 0.2) is 40.9 Å². The molecule has 0 spiro atoms. The van der Waals surface area contributed by atoms with Crippen molar-refractivity contribution in [2.45, 2.75) is 0 Å². The molecule has 3 rings (SSSR count). The van der Waals surface area contributed by atoms with Crippen LogP contribution in [0.3, 0.4) is 0 Å². The van der Waals surface area contributed by atoms with Crippen molar-refractivity contribution in [3.8, 4) is 11.4 Å². The van der Waals surface area contributed by atoms with Gasteiger partial charge in [0.15, 0.2) is 0 Å². The Hall–Kier alpha value is -1.52. The predicted octanol–water partition coefficient (Wildman–Crippen LogP) is 4.24. The van der Waals surface area contributed by atoms with Crippen molar-refractivity contribution in [3.05, 3.63) is 45.9 Å². The number of benzene rings is 2. The van der Waals surface area contributed by atoms with Crippen molar-refractivity contribution >= 4 is 44.3 Å². The Morgan fingerprint density at radius 2 is 2.00 bits per heavy atom. The standard InChI is InChI=1S/C14H11BrClN3/c1-19-13-7-9(16)3-5-12(13)18-14(19)10-6-8(15)2-4-11(10)17/h2-7H,17H2,1H3. The Morgan fingerprint density at radius 1 is 1.21 bits per heavy atom. The normalized spacial score (nSPS) is 11.1. The summed E-state index contributed by atoms with van der Waals surface area (Å²) < 4.78 is 2.97. The van der Waals surface area contributed by atoms with Gasteiger partial charge in [-0.1, -0.05) is 27.5 Å². The first-order valence-corrected chi connectivity index (χ1v) is 6.91. The van der Waals surface area contributed by atoms with Gasteiger partial charge in [-0.2, -0.15) is 0 Å². The van der Waals surface area contributed by atoms with E-state index >= 15 is 0 Å². The minimum absolute atomic E-state index is 0.698. The van der Waals surface area contributed by atoms with Crippen LogP contribution in [0.1, 0.15) is 0 Å². The van der Waals surface area contributed by atoms with Gasteiger partial charge in [0.1, 0.15) is 5.82 Å². The second kappa shape index (κ2) is 4.54. The predicted molar refractivity (Wildman–Crippen MR) is 83.3 cm³/mol. The molecule has 3 nitrogen and oxygen atoms in total. The highest BCUT2D eigenvalue weighted by Gasteiger charge is 2.12. The summed E-state index contributed by atoms with van der Waals surface area (Å²) in [5.41, 5.74) is 9.54. The van der Waals surface area contributed by atoms with E-state index in [9.17, 15) is 0 Å². The summed E-state index contributed by atoms with van der Waals surface area (Å²) in [6.45, 7) is 0. The molecule has 1 aromatic heterocycles. The largest absolute Gasteiger partial charge is 0.398 e. The Labute approximate surface area is 124 Å². The Kier molecular flexibility index (Phi) is 2.99. The molecule has 19 heavy (non-hydrogen) atoms. The van der Waals surface area contributed by atoms with Gasteiger partial charge in [-0.15, -0.1) is 0 Å². The second-order valence-electron chi connectivity index (χ2n) is 4.36. The molecule has 0 radical (unpaired) electrons. The number of hydrogen-bond acceptors (Lipinski definition) is 2. The number of halogens is 2. The summed E-state index contributed by atoms with van der Waals surface area (Å²) in [6, 6.07) is 11.4. The molecule has 3 aromatic rings.